The Hall–Kier alpha value is -3.22. The van der Waals surface area contributed by atoms with Crippen molar-refractivity contribution in [2.45, 2.75) is 45.3 Å². The van der Waals surface area contributed by atoms with Crippen LogP contribution in [0.1, 0.15) is 31.4 Å². The maximum atomic E-state index is 13.7. The maximum Gasteiger partial charge on any atom is 0.261 e. The highest BCUT2D eigenvalue weighted by molar-refractivity contribution is 6.42. The summed E-state index contributed by atoms with van der Waals surface area (Å²) in [6.45, 7) is 3.81. The zero-order valence-electron chi connectivity index (χ0n) is 21.2. The SMILES string of the molecule is CC[C@@H](C)NC(=O)[C@@H](Cc1ccccc1)N(Cc1ccc(Cl)c(Cl)c1)C(=O)COc1ccccc1OC. The van der Waals surface area contributed by atoms with Crippen LogP contribution in [0.3, 0.4) is 0 Å². The van der Waals surface area contributed by atoms with Gasteiger partial charge in [-0.25, -0.2) is 0 Å². The van der Waals surface area contributed by atoms with Crippen molar-refractivity contribution in [2.24, 2.45) is 0 Å². The number of ether oxygens (including phenoxy) is 2. The van der Waals surface area contributed by atoms with Gasteiger partial charge in [0.05, 0.1) is 17.2 Å². The number of rotatable bonds is 12. The number of amides is 2. The summed E-state index contributed by atoms with van der Waals surface area (Å²) in [5.41, 5.74) is 1.68. The van der Waals surface area contributed by atoms with Gasteiger partial charge in [-0.1, -0.05) is 78.7 Å². The van der Waals surface area contributed by atoms with E-state index in [0.29, 0.717) is 28.0 Å². The first kappa shape index (κ1) is 28.4. The lowest BCUT2D eigenvalue weighted by Crippen LogP contribution is -2.53. The van der Waals surface area contributed by atoms with Gasteiger partial charge in [-0.2, -0.15) is 0 Å². The minimum absolute atomic E-state index is 0.0440. The van der Waals surface area contributed by atoms with E-state index in [1.54, 1.807) is 41.3 Å². The number of nitrogens with zero attached hydrogens (tertiary/aromatic N) is 1. The molecule has 0 spiro atoms. The van der Waals surface area contributed by atoms with Crippen LogP contribution in [0.2, 0.25) is 10.0 Å². The van der Waals surface area contributed by atoms with Gasteiger partial charge < -0.3 is 19.7 Å². The van der Waals surface area contributed by atoms with E-state index in [0.717, 1.165) is 17.5 Å². The molecule has 1 N–H and O–H groups in total. The van der Waals surface area contributed by atoms with Gasteiger partial charge in [0.15, 0.2) is 18.1 Å². The first-order chi connectivity index (χ1) is 17.8. The fraction of sp³-hybridized carbons (Fsp3) is 0.310. The molecule has 2 atom stereocenters. The predicted octanol–water partition coefficient (Wildman–Crippen LogP) is 5.94. The van der Waals surface area contributed by atoms with Crippen molar-refractivity contribution in [3.05, 3.63) is 94.0 Å². The highest BCUT2D eigenvalue weighted by Crippen LogP contribution is 2.27. The molecule has 0 radical (unpaired) electrons. The third-order valence-corrected chi connectivity index (χ3v) is 6.77. The van der Waals surface area contributed by atoms with Crippen LogP contribution < -0.4 is 14.8 Å². The van der Waals surface area contributed by atoms with Gasteiger partial charge in [0.2, 0.25) is 5.91 Å². The molecule has 3 aromatic carbocycles. The fourth-order valence-corrected chi connectivity index (χ4v) is 4.11. The lowest BCUT2D eigenvalue weighted by molar-refractivity contribution is -0.143. The van der Waals surface area contributed by atoms with Crippen LogP contribution in [-0.2, 0) is 22.6 Å². The number of hydrogen-bond acceptors (Lipinski definition) is 4. The van der Waals surface area contributed by atoms with E-state index >= 15 is 0 Å². The Morgan fingerprint density at radius 3 is 2.24 bits per heavy atom. The molecule has 37 heavy (non-hydrogen) atoms. The quantitative estimate of drug-likeness (QED) is 0.307. The molecule has 0 saturated heterocycles. The van der Waals surface area contributed by atoms with Crippen LogP contribution in [0, 0.1) is 0 Å². The van der Waals surface area contributed by atoms with E-state index < -0.39 is 6.04 Å². The Morgan fingerprint density at radius 2 is 1.59 bits per heavy atom. The lowest BCUT2D eigenvalue weighted by atomic mass is 10.0. The van der Waals surface area contributed by atoms with Crippen molar-refractivity contribution >= 4 is 35.0 Å². The number of carbonyl (C=O) groups excluding carboxylic acids is 2. The van der Waals surface area contributed by atoms with Crippen molar-refractivity contribution in [1.29, 1.82) is 0 Å². The van der Waals surface area contributed by atoms with Crippen LogP contribution in [0.15, 0.2) is 72.8 Å². The van der Waals surface area contributed by atoms with Gasteiger partial charge >= 0.3 is 0 Å². The summed E-state index contributed by atoms with van der Waals surface area (Å²) < 4.78 is 11.2. The monoisotopic (exact) mass is 542 g/mol. The van der Waals surface area contributed by atoms with Crippen LogP contribution >= 0.6 is 23.2 Å². The van der Waals surface area contributed by atoms with Crippen LogP contribution in [0.25, 0.3) is 0 Å². The standard InChI is InChI=1S/C29H32Cl2N2O4/c1-4-20(2)32-29(35)25(17-21-10-6-5-7-11-21)33(18-22-14-15-23(30)24(31)16-22)28(34)19-37-27-13-9-8-12-26(27)36-3/h5-16,20,25H,4,17-19H2,1-3H3,(H,32,35)/t20-,25-/m1/s1. The Bertz CT molecular complexity index is 1190. The molecule has 0 aromatic heterocycles. The zero-order valence-corrected chi connectivity index (χ0v) is 22.8. The summed E-state index contributed by atoms with van der Waals surface area (Å²) in [5, 5.41) is 3.83. The molecule has 0 aliphatic rings. The highest BCUT2D eigenvalue weighted by atomic mass is 35.5. The number of halogens is 2. The maximum absolute atomic E-state index is 13.7. The summed E-state index contributed by atoms with van der Waals surface area (Å²) in [5.74, 6) is 0.374. The number of methoxy groups -OCH3 is 1. The van der Waals surface area contributed by atoms with E-state index in [9.17, 15) is 9.59 Å². The second-order valence-electron chi connectivity index (χ2n) is 8.73. The molecule has 0 unspecified atom stereocenters. The summed E-state index contributed by atoms with van der Waals surface area (Å²) >= 11 is 12.4. The summed E-state index contributed by atoms with van der Waals surface area (Å²) in [4.78, 5) is 28.8. The number of hydrogen-bond donors (Lipinski definition) is 1. The van der Waals surface area contributed by atoms with Gasteiger partial charge in [0.1, 0.15) is 6.04 Å². The summed E-state index contributed by atoms with van der Waals surface area (Å²) in [7, 11) is 1.54. The van der Waals surface area contributed by atoms with E-state index in [2.05, 4.69) is 5.32 Å². The molecule has 0 aliphatic heterocycles. The topological polar surface area (TPSA) is 67.9 Å². The van der Waals surface area contributed by atoms with Crippen LogP contribution in [0.5, 0.6) is 11.5 Å². The fourth-order valence-electron chi connectivity index (χ4n) is 3.79. The highest BCUT2D eigenvalue weighted by Gasteiger charge is 2.31. The van der Waals surface area contributed by atoms with E-state index in [1.807, 2.05) is 50.2 Å². The molecule has 6 nitrogen and oxygen atoms in total. The molecule has 2 amide bonds. The summed E-state index contributed by atoms with van der Waals surface area (Å²) in [6.07, 6.45) is 1.10. The molecule has 0 bridgehead atoms. The lowest BCUT2D eigenvalue weighted by Gasteiger charge is -2.32. The Labute approximate surface area is 228 Å². The minimum atomic E-state index is -0.778. The number of nitrogens with one attached hydrogen (secondary N) is 1. The molecule has 0 saturated carbocycles. The normalized spacial score (nSPS) is 12.4. The molecular formula is C29H32Cl2N2O4. The third kappa shape index (κ3) is 8.14. The average Bonchev–Trinajstić information content (AvgIpc) is 2.91. The van der Waals surface area contributed by atoms with Gasteiger partial charge in [0, 0.05) is 19.0 Å². The third-order valence-electron chi connectivity index (χ3n) is 6.03. The van der Waals surface area contributed by atoms with E-state index in [1.165, 1.54) is 7.11 Å². The van der Waals surface area contributed by atoms with Crippen molar-refractivity contribution < 1.29 is 19.1 Å². The second kappa shape index (κ2) is 13.9. The van der Waals surface area contributed by atoms with E-state index in [-0.39, 0.29) is 31.0 Å². The van der Waals surface area contributed by atoms with Crippen molar-refractivity contribution in [1.82, 2.24) is 10.2 Å². The molecule has 0 aliphatic carbocycles. The first-order valence-corrected chi connectivity index (χ1v) is 12.9. The smallest absolute Gasteiger partial charge is 0.261 e. The van der Waals surface area contributed by atoms with Gasteiger partial charge in [-0.3, -0.25) is 9.59 Å². The Morgan fingerprint density at radius 1 is 0.919 bits per heavy atom. The Balaban J connectivity index is 1.95. The molecule has 3 rings (SSSR count). The molecule has 3 aromatic rings. The Kier molecular flexibility index (Phi) is 10.7. The molecule has 196 valence electrons. The second-order valence-corrected chi connectivity index (χ2v) is 9.55. The van der Waals surface area contributed by atoms with Crippen LogP contribution in [-0.4, -0.2) is 42.5 Å². The van der Waals surface area contributed by atoms with Crippen molar-refractivity contribution in [3.8, 4) is 11.5 Å². The molecule has 0 heterocycles. The predicted molar refractivity (Wildman–Crippen MR) is 147 cm³/mol. The van der Waals surface area contributed by atoms with Gasteiger partial charge in [-0.15, -0.1) is 0 Å². The first-order valence-electron chi connectivity index (χ1n) is 12.2. The number of benzene rings is 3. The molecule has 0 fully saturated rings. The number of para-hydroxylation sites is 2. The average molecular weight is 543 g/mol. The van der Waals surface area contributed by atoms with E-state index in [4.69, 9.17) is 32.7 Å². The largest absolute Gasteiger partial charge is 0.493 e. The molecular weight excluding hydrogens is 511 g/mol. The van der Waals surface area contributed by atoms with Crippen molar-refractivity contribution in [3.63, 3.8) is 0 Å². The zero-order chi connectivity index (χ0) is 26.8. The van der Waals surface area contributed by atoms with Crippen molar-refractivity contribution in [2.75, 3.05) is 13.7 Å². The minimum Gasteiger partial charge on any atom is -0.493 e. The van der Waals surface area contributed by atoms with Gasteiger partial charge in [-0.05, 0) is 48.7 Å². The number of carbonyl (C=O) groups is 2. The van der Waals surface area contributed by atoms with Crippen LogP contribution in [0.4, 0.5) is 0 Å². The summed E-state index contributed by atoms with van der Waals surface area (Å²) in [6, 6.07) is 21.1. The van der Waals surface area contributed by atoms with Gasteiger partial charge in [0.25, 0.3) is 5.91 Å². The molecule has 8 heteroatoms.